The zero-order chi connectivity index (χ0) is 13.1. The highest BCUT2D eigenvalue weighted by Gasteiger charge is 2.10. The van der Waals surface area contributed by atoms with Crippen molar-refractivity contribution in [2.24, 2.45) is 0 Å². The van der Waals surface area contributed by atoms with Crippen molar-refractivity contribution in [3.05, 3.63) is 41.0 Å². The minimum atomic E-state index is -0.206. The fraction of sp³-hybridized carbons (Fsp3) is 0.250. The summed E-state index contributed by atoms with van der Waals surface area (Å²) in [5, 5.41) is 6.41. The van der Waals surface area contributed by atoms with Gasteiger partial charge >= 0.3 is 0 Å². The fourth-order valence-corrected chi connectivity index (χ4v) is 1.55. The quantitative estimate of drug-likeness (QED) is 0.793. The number of nitrogens with zero attached hydrogens (tertiary/aromatic N) is 2. The summed E-state index contributed by atoms with van der Waals surface area (Å²) in [6.07, 6.45) is 0. The van der Waals surface area contributed by atoms with Gasteiger partial charge in [-0.3, -0.25) is 4.79 Å². The number of anilines is 1. The first kappa shape index (κ1) is 12.1. The first-order chi connectivity index (χ1) is 8.56. The number of amides is 1. The van der Waals surface area contributed by atoms with E-state index < -0.39 is 0 Å². The monoisotopic (exact) mass is 246 g/mol. The lowest BCUT2D eigenvalue weighted by Crippen LogP contribution is -2.24. The summed E-state index contributed by atoms with van der Waals surface area (Å²) in [4.78, 5) is 15.9. The van der Waals surface area contributed by atoms with Gasteiger partial charge in [0.15, 0.2) is 5.82 Å². The summed E-state index contributed by atoms with van der Waals surface area (Å²) in [7, 11) is 0. The van der Waals surface area contributed by atoms with Gasteiger partial charge < -0.3 is 15.6 Å². The third-order valence-corrected chi connectivity index (χ3v) is 2.48. The number of aromatic nitrogens is 2. The number of aryl methyl sites for hydroxylation is 2. The van der Waals surface area contributed by atoms with E-state index in [0.717, 1.165) is 5.56 Å². The Hall–Kier alpha value is -2.37. The highest BCUT2D eigenvalue weighted by Crippen LogP contribution is 2.12. The van der Waals surface area contributed by atoms with Crippen molar-refractivity contribution in [2.75, 3.05) is 5.73 Å². The average molecular weight is 246 g/mol. The number of nitrogens with one attached hydrogen (secondary N) is 1. The molecule has 1 aromatic carbocycles. The molecule has 0 unspecified atom stereocenters. The van der Waals surface area contributed by atoms with E-state index in [-0.39, 0.29) is 12.5 Å². The maximum Gasteiger partial charge on any atom is 0.252 e. The molecule has 0 fully saturated rings. The van der Waals surface area contributed by atoms with Crippen LogP contribution >= 0.6 is 0 Å². The topological polar surface area (TPSA) is 94.0 Å². The number of hydrogen-bond donors (Lipinski definition) is 2. The lowest BCUT2D eigenvalue weighted by Gasteiger charge is -2.06. The van der Waals surface area contributed by atoms with Gasteiger partial charge in [0.05, 0.1) is 6.54 Å². The molecule has 0 saturated heterocycles. The highest BCUT2D eigenvalue weighted by atomic mass is 16.5. The van der Waals surface area contributed by atoms with E-state index >= 15 is 0 Å². The normalized spacial score (nSPS) is 10.3. The predicted octanol–water partition coefficient (Wildman–Crippen LogP) is 1.20. The van der Waals surface area contributed by atoms with Gasteiger partial charge in [0.25, 0.3) is 5.91 Å². The van der Waals surface area contributed by atoms with Crippen LogP contribution in [0.4, 0.5) is 5.69 Å². The zero-order valence-corrected chi connectivity index (χ0v) is 10.2. The Morgan fingerprint density at radius 3 is 2.89 bits per heavy atom. The van der Waals surface area contributed by atoms with E-state index in [1.807, 2.05) is 13.0 Å². The van der Waals surface area contributed by atoms with Crippen molar-refractivity contribution in [3.8, 4) is 0 Å². The van der Waals surface area contributed by atoms with Crippen molar-refractivity contribution in [2.45, 2.75) is 20.4 Å². The SMILES string of the molecule is Cc1nc(CNC(=O)c2cc(N)ccc2C)no1. The van der Waals surface area contributed by atoms with Crippen molar-refractivity contribution >= 4 is 11.6 Å². The van der Waals surface area contributed by atoms with E-state index in [0.29, 0.717) is 23.0 Å². The van der Waals surface area contributed by atoms with Crippen LogP contribution in [0.15, 0.2) is 22.7 Å². The van der Waals surface area contributed by atoms with E-state index in [2.05, 4.69) is 15.5 Å². The highest BCUT2D eigenvalue weighted by molar-refractivity contribution is 5.96. The molecule has 94 valence electrons. The molecule has 6 nitrogen and oxygen atoms in total. The van der Waals surface area contributed by atoms with Crippen LogP contribution in [0.5, 0.6) is 0 Å². The number of nitrogen functional groups attached to an aromatic ring is 1. The summed E-state index contributed by atoms with van der Waals surface area (Å²) < 4.78 is 4.81. The molecule has 0 radical (unpaired) electrons. The standard InChI is InChI=1S/C12H14N4O2/c1-7-3-4-9(13)5-10(7)12(17)14-6-11-15-8(2)18-16-11/h3-5H,6,13H2,1-2H3,(H,14,17). The molecule has 18 heavy (non-hydrogen) atoms. The van der Waals surface area contributed by atoms with E-state index in [1.165, 1.54) is 0 Å². The minimum Gasteiger partial charge on any atom is -0.399 e. The number of hydrogen-bond acceptors (Lipinski definition) is 5. The van der Waals surface area contributed by atoms with Gasteiger partial charge in [-0.25, -0.2) is 0 Å². The Bertz CT molecular complexity index is 577. The van der Waals surface area contributed by atoms with Crippen LogP contribution in [-0.2, 0) is 6.54 Å². The minimum absolute atomic E-state index is 0.206. The number of carbonyl (C=O) groups is 1. The second kappa shape index (κ2) is 4.87. The lowest BCUT2D eigenvalue weighted by atomic mass is 10.1. The molecule has 0 saturated carbocycles. The summed E-state index contributed by atoms with van der Waals surface area (Å²) in [5.41, 5.74) is 7.63. The Balaban J connectivity index is 2.05. The van der Waals surface area contributed by atoms with E-state index in [1.54, 1.807) is 19.1 Å². The van der Waals surface area contributed by atoms with Crippen molar-refractivity contribution in [1.29, 1.82) is 0 Å². The molecule has 0 aliphatic heterocycles. The largest absolute Gasteiger partial charge is 0.399 e. The van der Waals surface area contributed by atoms with E-state index in [9.17, 15) is 4.79 Å². The van der Waals surface area contributed by atoms with Crippen molar-refractivity contribution in [3.63, 3.8) is 0 Å². The third-order valence-electron chi connectivity index (χ3n) is 2.48. The van der Waals surface area contributed by atoms with Crippen molar-refractivity contribution in [1.82, 2.24) is 15.5 Å². The molecule has 2 aromatic rings. The molecule has 1 amide bonds. The smallest absolute Gasteiger partial charge is 0.252 e. The van der Waals surface area contributed by atoms with Gasteiger partial charge in [0.2, 0.25) is 5.89 Å². The van der Waals surface area contributed by atoms with Crippen LogP contribution in [-0.4, -0.2) is 16.0 Å². The molecular weight excluding hydrogens is 232 g/mol. The Labute approximate surface area is 104 Å². The van der Waals surface area contributed by atoms with Crippen LogP contribution < -0.4 is 11.1 Å². The molecule has 1 heterocycles. The molecule has 0 aliphatic carbocycles. The molecule has 0 spiro atoms. The zero-order valence-electron chi connectivity index (χ0n) is 10.2. The molecule has 0 aliphatic rings. The first-order valence-corrected chi connectivity index (χ1v) is 5.50. The second-order valence-electron chi connectivity index (χ2n) is 3.99. The van der Waals surface area contributed by atoms with Gasteiger partial charge in [-0.15, -0.1) is 0 Å². The van der Waals surface area contributed by atoms with E-state index in [4.69, 9.17) is 10.3 Å². The Morgan fingerprint density at radius 2 is 2.22 bits per heavy atom. The van der Waals surface area contributed by atoms with Gasteiger partial charge in [0.1, 0.15) is 0 Å². The van der Waals surface area contributed by atoms with Crippen LogP contribution in [0, 0.1) is 13.8 Å². The maximum absolute atomic E-state index is 11.9. The predicted molar refractivity (Wildman–Crippen MR) is 65.8 cm³/mol. The molecule has 0 atom stereocenters. The summed E-state index contributed by atoms with van der Waals surface area (Å²) in [6.45, 7) is 3.78. The average Bonchev–Trinajstić information content (AvgIpc) is 2.75. The van der Waals surface area contributed by atoms with Crippen molar-refractivity contribution < 1.29 is 9.32 Å². The number of nitrogens with two attached hydrogens (primary N) is 1. The van der Waals surface area contributed by atoms with Crippen LogP contribution in [0.3, 0.4) is 0 Å². The summed E-state index contributed by atoms with van der Waals surface area (Å²) in [6, 6.07) is 5.21. The third kappa shape index (κ3) is 2.65. The van der Waals surface area contributed by atoms with Gasteiger partial charge in [-0.1, -0.05) is 11.2 Å². The second-order valence-corrected chi connectivity index (χ2v) is 3.99. The number of benzene rings is 1. The Morgan fingerprint density at radius 1 is 1.44 bits per heavy atom. The molecule has 3 N–H and O–H groups in total. The lowest BCUT2D eigenvalue weighted by molar-refractivity contribution is 0.0949. The maximum atomic E-state index is 11.9. The number of carbonyl (C=O) groups excluding carboxylic acids is 1. The Kier molecular flexibility index (Phi) is 3.27. The van der Waals surface area contributed by atoms with Gasteiger partial charge in [-0.2, -0.15) is 4.98 Å². The molecule has 1 aromatic heterocycles. The number of rotatable bonds is 3. The van der Waals surface area contributed by atoms with Crippen LogP contribution in [0.1, 0.15) is 27.6 Å². The molecule has 0 bridgehead atoms. The van der Waals surface area contributed by atoms with Gasteiger partial charge in [-0.05, 0) is 24.6 Å². The molecule has 2 rings (SSSR count). The first-order valence-electron chi connectivity index (χ1n) is 5.50. The molecular formula is C12H14N4O2. The summed E-state index contributed by atoms with van der Waals surface area (Å²) in [5.74, 6) is 0.712. The van der Waals surface area contributed by atoms with Gasteiger partial charge in [0, 0.05) is 18.2 Å². The van der Waals surface area contributed by atoms with Crippen LogP contribution in [0.25, 0.3) is 0 Å². The van der Waals surface area contributed by atoms with Crippen LogP contribution in [0.2, 0.25) is 0 Å². The fourth-order valence-electron chi connectivity index (χ4n) is 1.55. The summed E-state index contributed by atoms with van der Waals surface area (Å²) >= 11 is 0. The molecule has 6 heteroatoms.